The fourth-order valence-electron chi connectivity index (χ4n) is 1.21. The molecule has 0 aromatic heterocycles. The van der Waals surface area contributed by atoms with Crippen LogP contribution in [0.3, 0.4) is 0 Å². The van der Waals surface area contributed by atoms with Crippen LogP contribution in [-0.4, -0.2) is 0 Å². The van der Waals surface area contributed by atoms with Crippen molar-refractivity contribution in [3.05, 3.63) is 0 Å². The molecule has 0 aromatic rings. The maximum absolute atomic E-state index is 2.21. The first kappa shape index (κ1) is 78.4. The maximum Gasteiger partial charge on any atom is -0.0533 e. The van der Waals surface area contributed by atoms with Crippen molar-refractivity contribution in [3.8, 4) is 0 Å². The molecule has 0 N–H and O–H groups in total. The summed E-state index contributed by atoms with van der Waals surface area (Å²) in [5, 5.41) is 0. The second kappa shape index (κ2) is 202. The zero-order chi connectivity index (χ0) is 36.7. The molecule has 2 saturated carbocycles. The highest BCUT2D eigenvalue weighted by molar-refractivity contribution is 4.51. The van der Waals surface area contributed by atoms with Gasteiger partial charge in [-0.2, -0.15) is 0 Å². The third-order valence-corrected chi connectivity index (χ3v) is 3.41. The van der Waals surface area contributed by atoms with Crippen LogP contribution in [0, 0.1) is 0 Å². The van der Waals surface area contributed by atoms with E-state index in [4.69, 9.17) is 0 Å². The Balaban J connectivity index is -0.0000000235. The molecule has 0 spiro atoms. The molecule has 2 aliphatic carbocycles. The number of unbranched alkanes of at least 4 members (excludes halogenated alkanes) is 4. The molecule has 0 saturated heterocycles. The predicted molar refractivity (Wildman–Crippen MR) is 219 cm³/mol. The standard InChI is InChI=1S/2C5H12.2C4H8.4C3H8.6C2H6/c2*1-3-5-4-2;2*1-2-4-3-1;4*1-3-2;6*1-2/h2*3-5H2,1-2H3;2*1-4H2;4*3H2,1-2H3;6*1-2H3. The van der Waals surface area contributed by atoms with Gasteiger partial charge in [0.15, 0.2) is 0 Å². The summed E-state index contributed by atoms with van der Waals surface area (Å²) in [7, 11) is 0. The Morgan fingerprint density at radius 2 is 0.286 bits per heavy atom. The van der Waals surface area contributed by atoms with Gasteiger partial charge in [-0.05, 0) is 0 Å². The summed E-state index contributed by atoms with van der Waals surface area (Å²) in [6, 6.07) is 0. The molecule has 0 amide bonds. The lowest BCUT2D eigenvalue weighted by Gasteiger charge is -2.05. The molecular weight excluding hydrogens is 504 g/mol. The molecule has 2 rings (SSSR count). The largest absolute Gasteiger partial charge is 0.0683 e. The van der Waals surface area contributed by atoms with E-state index in [0.29, 0.717) is 0 Å². The van der Waals surface area contributed by atoms with E-state index in [1.165, 1.54) is 116 Å². The van der Waals surface area contributed by atoms with Gasteiger partial charge in [0.1, 0.15) is 0 Å². The van der Waals surface area contributed by atoms with Gasteiger partial charge in [0.2, 0.25) is 0 Å². The van der Waals surface area contributed by atoms with E-state index in [0.717, 1.165) is 0 Å². The van der Waals surface area contributed by atoms with Crippen molar-refractivity contribution in [1.29, 1.82) is 0 Å². The molecule has 2 fully saturated rings. The minimum absolute atomic E-state index is 1.25. The first-order valence-corrected chi connectivity index (χ1v) is 20.5. The van der Waals surface area contributed by atoms with Crippen LogP contribution in [0.1, 0.15) is 282 Å². The average Bonchev–Trinajstić information content (AvgIpc) is 2.97. The number of hydrogen-bond donors (Lipinski definition) is 0. The smallest absolute Gasteiger partial charge is 0.0533 e. The Hall–Kier alpha value is 0. The zero-order valence-corrected chi connectivity index (χ0v) is 36.7. The van der Waals surface area contributed by atoms with Gasteiger partial charge in [0.25, 0.3) is 0 Å². The number of hydrogen-bond acceptors (Lipinski definition) is 0. The van der Waals surface area contributed by atoms with Crippen molar-refractivity contribution in [3.63, 3.8) is 0 Å². The predicted octanol–water partition coefficient (Wildman–Crippen LogP) is 19.3. The zero-order valence-electron chi connectivity index (χ0n) is 36.7. The lowest BCUT2D eigenvalue weighted by molar-refractivity contribution is 0.504. The monoisotopic (exact) mass is 613 g/mol. The Labute approximate surface area is 281 Å². The summed E-state index contributed by atoms with van der Waals surface area (Å²) in [5.74, 6) is 0. The van der Waals surface area contributed by atoms with Gasteiger partial charge < -0.3 is 0 Å². The van der Waals surface area contributed by atoms with Crippen LogP contribution in [0.25, 0.3) is 0 Å². The molecular formula is C42H108. The van der Waals surface area contributed by atoms with Crippen LogP contribution >= 0.6 is 0 Å². The highest BCUT2D eigenvalue weighted by Crippen LogP contribution is 2.15. The summed E-state index contributed by atoms with van der Waals surface area (Å²) in [6.45, 7) is 49.8. The van der Waals surface area contributed by atoms with Crippen molar-refractivity contribution in [2.45, 2.75) is 282 Å². The van der Waals surface area contributed by atoms with Crippen LogP contribution in [-0.2, 0) is 0 Å². The van der Waals surface area contributed by atoms with E-state index in [9.17, 15) is 0 Å². The number of rotatable bonds is 4. The fraction of sp³-hybridized carbons (Fsp3) is 1.00. The van der Waals surface area contributed by atoms with Crippen molar-refractivity contribution >= 4 is 0 Å². The van der Waals surface area contributed by atoms with Gasteiger partial charge in [-0.1, -0.05) is 282 Å². The second-order valence-electron chi connectivity index (χ2n) is 8.36. The molecule has 0 unspecified atom stereocenters. The van der Waals surface area contributed by atoms with E-state index < -0.39 is 0 Å². The lowest BCUT2D eigenvalue weighted by Crippen LogP contribution is -1.85. The van der Waals surface area contributed by atoms with E-state index in [2.05, 4.69) is 83.1 Å². The summed E-state index contributed by atoms with van der Waals surface area (Å²) in [6.07, 6.45) is 25.2. The van der Waals surface area contributed by atoms with E-state index in [1.54, 1.807) is 0 Å². The third-order valence-electron chi connectivity index (χ3n) is 3.41. The molecule has 0 radical (unpaired) electrons. The van der Waals surface area contributed by atoms with Crippen LogP contribution in [0.5, 0.6) is 0 Å². The summed E-state index contributed by atoms with van der Waals surface area (Å²) < 4.78 is 0. The molecule has 0 aliphatic heterocycles. The van der Waals surface area contributed by atoms with Gasteiger partial charge in [-0.3, -0.25) is 0 Å². The molecule has 0 bridgehead atoms. The molecule has 0 heterocycles. The Morgan fingerprint density at radius 3 is 0.286 bits per heavy atom. The van der Waals surface area contributed by atoms with Gasteiger partial charge in [-0.15, -0.1) is 0 Å². The third kappa shape index (κ3) is 422. The summed E-state index contributed by atoms with van der Waals surface area (Å²) in [4.78, 5) is 0. The van der Waals surface area contributed by atoms with Gasteiger partial charge >= 0.3 is 0 Å². The van der Waals surface area contributed by atoms with Crippen LogP contribution in [0.4, 0.5) is 0 Å². The van der Waals surface area contributed by atoms with Crippen molar-refractivity contribution in [1.82, 2.24) is 0 Å². The Bertz CT molecular complexity index is 108. The van der Waals surface area contributed by atoms with Gasteiger partial charge in [0.05, 0.1) is 0 Å². The highest BCUT2D eigenvalue weighted by atomic mass is 14.0. The van der Waals surface area contributed by atoms with Crippen molar-refractivity contribution in [2.24, 2.45) is 0 Å². The first-order chi connectivity index (χ1) is 20.5. The molecule has 42 heavy (non-hydrogen) atoms. The molecule has 0 atom stereocenters. The molecule has 0 nitrogen and oxygen atoms in total. The average molecular weight is 613 g/mol. The normalized spacial score (nSPS) is 9.14. The van der Waals surface area contributed by atoms with Gasteiger partial charge in [0, 0.05) is 0 Å². The van der Waals surface area contributed by atoms with Gasteiger partial charge in [-0.25, -0.2) is 0 Å². The fourth-order valence-corrected chi connectivity index (χ4v) is 1.21. The quantitative estimate of drug-likeness (QED) is 0.296. The minimum atomic E-state index is 1.25. The topological polar surface area (TPSA) is 0 Å². The lowest BCUT2D eigenvalue weighted by atomic mass is 10.0. The molecule has 0 aromatic carbocycles. The van der Waals surface area contributed by atoms with E-state index in [1.807, 2.05) is 83.1 Å². The highest BCUT2D eigenvalue weighted by Gasteiger charge is 1.95. The first-order valence-electron chi connectivity index (χ1n) is 20.5. The maximum atomic E-state index is 2.21. The molecule has 2 aliphatic rings. The second-order valence-corrected chi connectivity index (χ2v) is 8.36. The van der Waals surface area contributed by atoms with Crippen LogP contribution in [0.2, 0.25) is 0 Å². The van der Waals surface area contributed by atoms with Crippen LogP contribution in [0.15, 0.2) is 0 Å². The summed E-state index contributed by atoms with van der Waals surface area (Å²) >= 11 is 0. The Morgan fingerprint density at radius 1 is 0.214 bits per heavy atom. The van der Waals surface area contributed by atoms with E-state index >= 15 is 0 Å². The van der Waals surface area contributed by atoms with Crippen molar-refractivity contribution in [2.75, 3.05) is 0 Å². The van der Waals surface area contributed by atoms with Crippen molar-refractivity contribution < 1.29 is 0 Å². The molecule has 276 valence electrons. The Kier molecular flexibility index (Phi) is 378. The minimum Gasteiger partial charge on any atom is -0.0683 e. The van der Waals surface area contributed by atoms with Crippen LogP contribution < -0.4 is 0 Å². The molecule has 0 heteroatoms. The van der Waals surface area contributed by atoms with E-state index in [-0.39, 0.29) is 0 Å². The SMILES string of the molecule is C1CCC1.C1CCC1.CC.CC.CC.CC.CC.CC.CCC.CCC.CCC.CCC.CCCCC.CCCCC. The summed E-state index contributed by atoms with van der Waals surface area (Å²) in [5.41, 5.74) is 0.